The van der Waals surface area contributed by atoms with Gasteiger partial charge in [0.15, 0.2) is 0 Å². The molecule has 1 amide bonds. The first kappa shape index (κ1) is 11.3. The van der Waals surface area contributed by atoms with Crippen molar-refractivity contribution < 1.29 is 14.7 Å². The number of nitrogens with zero attached hydrogens (tertiary/aromatic N) is 1. The van der Waals surface area contributed by atoms with E-state index in [2.05, 4.69) is 0 Å². The molecule has 4 nitrogen and oxygen atoms in total. The van der Waals surface area contributed by atoms with Gasteiger partial charge in [-0.1, -0.05) is 31.2 Å². The Bertz CT molecular complexity index is 425. The zero-order valence-corrected chi connectivity index (χ0v) is 10.0. The Balaban J connectivity index is 2.33. The minimum atomic E-state index is -0.998. The van der Waals surface area contributed by atoms with E-state index in [1.165, 1.54) is 16.7 Å². The van der Waals surface area contributed by atoms with Crippen LogP contribution in [0.1, 0.15) is 26.7 Å². The highest BCUT2D eigenvalue weighted by atomic mass is 32.2. The summed E-state index contributed by atoms with van der Waals surface area (Å²) in [6, 6.07) is 0. The lowest BCUT2D eigenvalue weighted by Crippen LogP contribution is -2.51. The number of fused-ring (bicyclic) bond motifs is 1. The van der Waals surface area contributed by atoms with Crippen LogP contribution < -0.4 is 0 Å². The van der Waals surface area contributed by atoms with E-state index in [9.17, 15) is 9.59 Å². The predicted octanol–water partition coefficient (Wildman–Crippen LogP) is 1.94. The molecule has 2 heterocycles. The molecule has 16 heavy (non-hydrogen) atoms. The number of allylic oxidation sites excluding steroid dienone is 2. The molecule has 0 aromatic rings. The molecule has 2 aliphatic rings. The van der Waals surface area contributed by atoms with Crippen LogP contribution in [0.2, 0.25) is 0 Å². The monoisotopic (exact) mass is 239 g/mol. The zero-order valence-electron chi connectivity index (χ0n) is 9.19. The molecular weight excluding hydrogens is 226 g/mol. The Kier molecular flexibility index (Phi) is 2.80. The van der Waals surface area contributed by atoms with Crippen molar-refractivity contribution in [3.8, 4) is 0 Å². The normalized spacial score (nSPS) is 26.1. The molecule has 0 unspecified atom stereocenters. The molecular formula is C11H13NO3S. The minimum Gasteiger partial charge on any atom is -0.477 e. The number of rotatable bonds is 3. The van der Waals surface area contributed by atoms with Gasteiger partial charge in [0.1, 0.15) is 11.1 Å². The molecule has 0 spiro atoms. The topological polar surface area (TPSA) is 57.6 Å². The average molecular weight is 239 g/mol. The number of hydrogen-bond acceptors (Lipinski definition) is 3. The molecule has 0 radical (unpaired) electrons. The van der Waals surface area contributed by atoms with E-state index in [0.717, 1.165) is 23.3 Å². The summed E-state index contributed by atoms with van der Waals surface area (Å²) in [6.07, 6.45) is 3.38. The highest BCUT2D eigenvalue weighted by Gasteiger charge is 2.51. The van der Waals surface area contributed by atoms with Crippen LogP contribution in [0.4, 0.5) is 0 Å². The summed E-state index contributed by atoms with van der Waals surface area (Å²) in [5, 5.41) is 9.03. The first-order chi connectivity index (χ1) is 7.61. The summed E-state index contributed by atoms with van der Waals surface area (Å²) in [5.74, 6) is -1.16. The minimum absolute atomic E-state index is 0.0925. The molecule has 1 atom stereocenters. The fraction of sp³-hybridized carbons (Fsp3) is 0.455. The van der Waals surface area contributed by atoms with Crippen molar-refractivity contribution in [2.45, 2.75) is 32.1 Å². The van der Waals surface area contributed by atoms with Gasteiger partial charge in [0.25, 0.3) is 5.91 Å². The molecule has 2 rings (SSSR count). The van der Waals surface area contributed by atoms with Gasteiger partial charge in [0.2, 0.25) is 0 Å². The lowest BCUT2D eigenvalue weighted by Gasteiger charge is -2.36. The van der Waals surface area contributed by atoms with Gasteiger partial charge in [0, 0.05) is 10.5 Å². The summed E-state index contributed by atoms with van der Waals surface area (Å²) in [5.41, 5.74) is 0.905. The molecule has 0 aliphatic carbocycles. The quantitative estimate of drug-likeness (QED) is 0.604. The summed E-state index contributed by atoms with van der Waals surface area (Å²) >= 11 is 1.49. The maximum Gasteiger partial charge on any atom is 0.353 e. The third kappa shape index (κ3) is 1.38. The molecule has 0 aromatic carbocycles. The molecule has 1 fully saturated rings. The van der Waals surface area contributed by atoms with Gasteiger partial charge in [-0.2, -0.15) is 0 Å². The lowest BCUT2D eigenvalue weighted by molar-refractivity contribution is -0.141. The van der Waals surface area contributed by atoms with Crippen LogP contribution in [0.3, 0.4) is 0 Å². The average Bonchev–Trinajstić information content (AvgIpc) is 2.55. The number of amides is 1. The standard InChI is InChI=1S/C11H13NO3S/c1-3-5-7-8(11(14)15)12-9(13)6(4-2)10(12)16-7/h4,10H,3,5H2,1-2H3,(H,14,15)/b6-4-/t10-/m0/s1. The Hall–Kier alpha value is -1.23. The second kappa shape index (κ2) is 3.97. The fourth-order valence-corrected chi connectivity index (χ4v) is 3.54. The van der Waals surface area contributed by atoms with Gasteiger partial charge in [-0.3, -0.25) is 9.69 Å². The van der Waals surface area contributed by atoms with E-state index in [-0.39, 0.29) is 17.0 Å². The van der Waals surface area contributed by atoms with Gasteiger partial charge in [-0.05, 0) is 13.3 Å². The second-order valence-electron chi connectivity index (χ2n) is 3.72. The molecule has 0 saturated carbocycles. The Morgan fingerprint density at radius 3 is 2.81 bits per heavy atom. The highest BCUT2D eigenvalue weighted by molar-refractivity contribution is 8.04. The third-order valence-electron chi connectivity index (χ3n) is 2.72. The van der Waals surface area contributed by atoms with E-state index in [1.54, 1.807) is 6.08 Å². The lowest BCUT2D eigenvalue weighted by atomic mass is 10.0. The zero-order chi connectivity index (χ0) is 11.9. The first-order valence-electron chi connectivity index (χ1n) is 5.24. The second-order valence-corrected chi connectivity index (χ2v) is 4.89. The summed E-state index contributed by atoms with van der Waals surface area (Å²) in [7, 11) is 0. The number of β-lactam (4-membered cyclic amide) rings is 1. The van der Waals surface area contributed by atoms with Gasteiger partial charge < -0.3 is 5.11 Å². The van der Waals surface area contributed by atoms with Crippen molar-refractivity contribution in [1.29, 1.82) is 0 Å². The van der Waals surface area contributed by atoms with E-state index in [0.29, 0.717) is 0 Å². The van der Waals surface area contributed by atoms with Crippen LogP contribution >= 0.6 is 11.8 Å². The largest absolute Gasteiger partial charge is 0.477 e. The maximum atomic E-state index is 11.7. The van der Waals surface area contributed by atoms with Crippen molar-refractivity contribution in [2.24, 2.45) is 0 Å². The van der Waals surface area contributed by atoms with E-state index < -0.39 is 5.97 Å². The van der Waals surface area contributed by atoms with Crippen LogP contribution in [-0.4, -0.2) is 27.3 Å². The highest BCUT2D eigenvalue weighted by Crippen LogP contribution is 2.50. The number of carbonyl (C=O) groups is 2. The van der Waals surface area contributed by atoms with Crippen LogP contribution in [0.25, 0.3) is 0 Å². The molecule has 0 aromatic heterocycles. The molecule has 5 heteroatoms. The van der Waals surface area contributed by atoms with Gasteiger partial charge in [-0.15, -0.1) is 0 Å². The molecule has 1 N–H and O–H groups in total. The van der Waals surface area contributed by atoms with Crippen molar-refractivity contribution in [3.63, 3.8) is 0 Å². The van der Waals surface area contributed by atoms with Crippen molar-refractivity contribution in [3.05, 3.63) is 22.3 Å². The first-order valence-corrected chi connectivity index (χ1v) is 6.12. The van der Waals surface area contributed by atoms with E-state index >= 15 is 0 Å². The third-order valence-corrected chi connectivity index (χ3v) is 4.09. The number of aliphatic carboxylic acids is 1. The van der Waals surface area contributed by atoms with Gasteiger partial charge >= 0.3 is 5.97 Å². The van der Waals surface area contributed by atoms with Gasteiger partial charge in [-0.25, -0.2) is 4.79 Å². The molecule has 0 bridgehead atoms. The van der Waals surface area contributed by atoms with Crippen molar-refractivity contribution in [2.75, 3.05) is 0 Å². The number of carboxylic acids is 1. The molecule has 86 valence electrons. The number of thioether (sulfide) groups is 1. The summed E-state index contributed by atoms with van der Waals surface area (Å²) in [6.45, 7) is 3.81. The number of carboxylic acid groups (broad SMARTS) is 1. The summed E-state index contributed by atoms with van der Waals surface area (Å²) in [4.78, 5) is 25.0. The fourth-order valence-electron chi connectivity index (χ4n) is 1.98. The van der Waals surface area contributed by atoms with Crippen LogP contribution in [0.5, 0.6) is 0 Å². The predicted molar refractivity (Wildman–Crippen MR) is 61.6 cm³/mol. The smallest absolute Gasteiger partial charge is 0.353 e. The molecule has 1 saturated heterocycles. The summed E-state index contributed by atoms with van der Waals surface area (Å²) < 4.78 is 0. The maximum absolute atomic E-state index is 11.7. The van der Waals surface area contributed by atoms with Gasteiger partial charge in [0.05, 0.1) is 0 Å². The van der Waals surface area contributed by atoms with Crippen LogP contribution in [0, 0.1) is 0 Å². The Morgan fingerprint density at radius 2 is 2.31 bits per heavy atom. The SMILES string of the molecule is C/C=C1/C(=O)N2C(C(=O)O)=C(CCC)S[C@@H]12. The van der Waals surface area contributed by atoms with E-state index in [4.69, 9.17) is 5.11 Å². The number of hydrogen-bond donors (Lipinski definition) is 1. The Morgan fingerprint density at radius 1 is 1.62 bits per heavy atom. The molecule has 2 aliphatic heterocycles. The van der Waals surface area contributed by atoms with E-state index in [1.807, 2.05) is 13.8 Å². The Labute approximate surface area is 98.0 Å². The number of carbonyl (C=O) groups excluding carboxylic acids is 1. The van der Waals surface area contributed by atoms with Crippen LogP contribution in [-0.2, 0) is 9.59 Å². The van der Waals surface area contributed by atoms with Crippen molar-refractivity contribution >= 4 is 23.6 Å². The van der Waals surface area contributed by atoms with Crippen molar-refractivity contribution in [1.82, 2.24) is 4.90 Å². The van der Waals surface area contributed by atoms with Crippen LogP contribution in [0.15, 0.2) is 22.3 Å².